The first-order chi connectivity index (χ1) is 4.96. The maximum atomic E-state index is 11.7. The van der Waals surface area contributed by atoms with E-state index in [9.17, 15) is 21.6 Å². The zero-order valence-corrected chi connectivity index (χ0v) is 7.46. The summed E-state index contributed by atoms with van der Waals surface area (Å²) in [7, 11) is -3.88. The molecule has 0 saturated carbocycles. The molecule has 0 rings (SSSR count). The number of nitrogens with two attached hydrogens (primary N) is 1. The largest absolute Gasteiger partial charge is 0.391 e. The Morgan fingerprint density at radius 1 is 1.33 bits per heavy atom. The molecule has 1 atom stereocenters. The van der Waals surface area contributed by atoms with Crippen LogP contribution in [0.3, 0.4) is 0 Å². The highest BCUT2D eigenvalue weighted by atomic mass is 32.2. The third kappa shape index (κ3) is 3.40. The first kappa shape index (κ1) is 11.7. The highest BCUT2D eigenvalue weighted by Crippen LogP contribution is 2.28. The summed E-state index contributed by atoms with van der Waals surface area (Å²) in [4.78, 5) is -2.23. The van der Waals surface area contributed by atoms with E-state index < -0.39 is 27.3 Å². The fourth-order valence-corrected chi connectivity index (χ4v) is 0.955. The first-order valence-corrected chi connectivity index (χ1v) is 4.90. The van der Waals surface area contributed by atoms with Crippen LogP contribution >= 0.6 is 0 Å². The van der Waals surface area contributed by atoms with Gasteiger partial charge in [-0.05, 0) is 6.92 Å². The second-order valence-corrected chi connectivity index (χ2v) is 5.35. The van der Waals surface area contributed by atoms with E-state index in [0.29, 0.717) is 6.26 Å². The van der Waals surface area contributed by atoms with Crippen molar-refractivity contribution in [1.29, 1.82) is 0 Å². The Kier molecular flexibility index (Phi) is 2.81. The Balaban J connectivity index is 4.68. The average Bonchev–Trinajstić information content (AvgIpc) is 1.52. The van der Waals surface area contributed by atoms with Crippen molar-refractivity contribution in [1.82, 2.24) is 0 Å². The van der Waals surface area contributed by atoms with Crippen LogP contribution in [-0.4, -0.2) is 25.7 Å². The Bertz CT molecular complexity index is 254. The average molecular weight is 205 g/mol. The van der Waals surface area contributed by atoms with Gasteiger partial charge in [0.2, 0.25) is 0 Å². The zero-order chi connectivity index (χ0) is 10.2. The third-order valence-corrected chi connectivity index (χ3v) is 3.24. The van der Waals surface area contributed by atoms with Crippen molar-refractivity contribution >= 4 is 9.84 Å². The van der Waals surface area contributed by atoms with E-state index >= 15 is 0 Å². The molecule has 12 heavy (non-hydrogen) atoms. The molecule has 0 aromatic carbocycles. The molecule has 0 aliphatic carbocycles. The van der Waals surface area contributed by atoms with Gasteiger partial charge < -0.3 is 5.73 Å². The van der Waals surface area contributed by atoms with E-state index in [1.54, 1.807) is 0 Å². The van der Waals surface area contributed by atoms with Crippen LogP contribution in [0.2, 0.25) is 0 Å². The Morgan fingerprint density at radius 3 is 1.75 bits per heavy atom. The predicted molar refractivity (Wildman–Crippen MR) is 38.1 cm³/mol. The predicted octanol–water partition coefficient (Wildman–Crippen LogP) is 0.658. The Labute approximate surface area is 68.7 Å². The van der Waals surface area contributed by atoms with Gasteiger partial charge in [0.15, 0.2) is 9.84 Å². The van der Waals surface area contributed by atoms with Gasteiger partial charge in [-0.1, -0.05) is 0 Å². The summed E-state index contributed by atoms with van der Waals surface area (Å²) in [5.41, 5.74) is 4.97. The summed E-state index contributed by atoms with van der Waals surface area (Å²) in [5, 5.41) is 0. The maximum absolute atomic E-state index is 11.7. The van der Waals surface area contributed by atoms with Crippen LogP contribution in [-0.2, 0) is 9.84 Å². The van der Waals surface area contributed by atoms with Crippen LogP contribution in [0.5, 0.6) is 0 Å². The molecular formula is C5H10F3NO2S. The molecule has 0 bridgehead atoms. The van der Waals surface area contributed by atoms with E-state index in [-0.39, 0.29) is 0 Å². The normalized spacial score (nSPS) is 18.8. The van der Waals surface area contributed by atoms with Gasteiger partial charge in [0.1, 0.15) is 4.87 Å². The van der Waals surface area contributed by atoms with Gasteiger partial charge in [-0.2, -0.15) is 13.2 Å². The fraction of sp³-hybridized carbons (Fsp3) is 1.00. The lowest BCUT2D eigenvalue weighted by molar-refractivity contribution is -0.140. The summed E-state index contributed by atoms with van der Waals surface area (Å²) in [6.45, 7) is 0.843. The van der Waals surface area contributed by atoms with E-state index in [1.807, 2.05) is 0 Å². The van der Waals surface area contributed by atoms with Gasteiger partial charge in [-0.15, -0.1) is 0 Å². The molecule has 0 radical (unpaired) electrons. The van der Waals surface area contributed by atoms with Crippen LogP contribution in [0.25, 0.3) is 0 Å². The minimum Gasteiger partial charge on any atom is -0.313 e. The number of rotatable bonds is 2. The second kappa shape index (κ2) is 2.88. The molecule has 0 aliphatic rings. The standard InChI is InChI=1S/C5H10F3NO2S/c1-4(9,12(2,10)11)3-5(6,7)8/h3,9H2,1-2H3. The summed E-state index contributed by atoms with van der Waals surface area (Å²) in [6, 6.07) is 0. The number of hydrogen-bond donors (Lipinski definition) is 1. The molecule has 0 amide bonds. The van der Waals surface area contributed by atoms with Gasteiger partial charge in [0.05, 0.1) is 6.42 Å². The van der Waals surface area contributed by atoms with Crippen molar-refractivity contribution in [2.45, 2.75) is 24.4 Å². The van der Waals surface area contributed by atoms with Crippen molar-refractivity contribution in [3.8, 4) is 0 Å². The number of alkyl halides is 3. The highest BCUT2D eigenvalue weighted by molar-refractivity contribution is 7.92. The molecule has 0 fully saturated rings. The van der Waals surface area contributed by atoms with Crippen molar-refractivity contribution < 1.29 is 21.6 Å². The second-order valence-electron chi connectivity index (χ2n) is 2.88. The summed E-state index contributed by atoms with van der Waals surface area (Å²) in [6.07, 6.45) is -5.41. The SMILES string of the molecule is CC(N)(CC(F)(F)F)S(C)(=O)=O. The van der Waals surface area contributed by atoms with Crippen LogP contribution in [0.15, 0.2) is 0 Å². The maximum Gasteiger partial charge on any atom is 0.391 e. The van der Waals surface area contributed by atoms with E-state index in [1.165, 1.54) is 0 Å². The van der Waals surface area contributed by atoms with Gasteiger partial charge in [0.25, 0.3) is 0 Å². The van der Waals surface area contributed by atoms with Crippen LogP contribution in [0.1, 0.15) is 13.3 Å². The lowest BCUT2D eigenvalue weighted by Crippen LogP contribution is -2.47. The number of sulfone groups is 1. The lowest BCUT2D eigenvalue weighted by atomic mass is 10.2. The molecular weight excluding hydrogens is 195 g/mol. The summed E-state index contributed by atoms with van der Waals surface area (Å²) < 4.78 is 56.6. The molecule has 1 unspecified atom stereocenters. The fourth-order valence-electron chi connectivity index (χ4n) is 0.529. The Morgan fingerprint density at radius 2 is 1.67 bits per heavy atom. The highest BCUT2D eigenvalue weighted by Gasteiger charge is 2.43. The zero-order valence-electron chi connectivity index (χ0n) is 6.64. The van der Waals surface area contributed by atoms with Crippen LogP contribution in [0, 0.1) is 0 Å². The third-order valence-electron chi connectivity index (χ3n) is 1.40. The van der Waals surface area contributed by atoms with E-state index in [0.717, 1.165) is 6.92 Å². The smallest absolute Gasteiger partial charge is 0.313 e. The topological polar surface area (TPSA) is 60.2 Å². The summed E-state index contributed by atoms with van der Waals surface area (Å²) >= 11 is 0. The molecule has 0 spiro atoms. The minimum absolute atomic E-state index is 0.679. The Hall–Kier alpha value is -0.300. The molecule has 0 saturated heterocycles. The van der Waals surface area contributed by atoms with Crippen molar-refractivity contribution in [2.24, 2.45) is 5.73 Å². The van der Waals surface area contributed by atoms with Crippen LogP contribution < -0.4 is 5.73 Å². The van der Waals surface area contributed by atoms with Crippen molar-refractivity contribution in [3.63, 3.8) is 0 Å². The molecule has 74 valence electrons. The van der Waals surface area contributed by atoms with E-state index in [2.05, 4.69) is 0 Å². The first-order valence-electron chi connectivity index (χ1n) is 3.01. The monoisotopic (exact) mass is 205 g/mol. The van der Waals surface area contributed by atoms with E-state index in [4.69, 9.17) is 5.73 Å². The van der Waals surface area contributed by atoms with Crippen molar-refractivity contribution in [3.05, 3.63) is 0 Å². The molecule has 2 N–H and O–H groups in total. The lowest BCUT2D eigenvalue weighted by Gasteiger charge is -2.23. The number of halogens is 3. The molecule has 0 heterocycles. The summed E-state index contributed by atoms with van der Waals surface area (Å²) in [5.74, 6) is 0. The van der Waals surface area contributed by atoms with Gasteiger partial charge in [0, 0.05) is 6.26 Å². The van der Waals surface area contributed by atoms with Gasteiger partial charge >= 0.3 is 6.18 Å². The molecule has 7 heteroatoms. The van der Waals surface area contributed by atoms with Crippen LogP contribution in [0.4, 0.5) is 13.2 Å². The molecule has 3 nitrogen and oxygen atoms in total. The molecule has 0 aliphatic heterocycles. The molecule has 0 aromatic heterocycles. The quantitative estimate of drug-likeness (QED) is 0.720. The minimum atomic E-state index is -4.56. The van der Waals surface area contributed by atoms with Gasteiger partial charge in [-0.25, -0.2) is 8.42 Å². The number of hydrogen-bond acceptors (Lipinski definition) is 3. The molecule has 0 aromatic rings. The van der Waals surface area contributed by atoms with Crippen molar-refractivity contribution in [2.75, 3.05) is 6.26 Å². The van der Waals surface area contributed by atoms with Gasteiger partial charge in [-0.3, -0.25) is 0 Å².